The number of amides is 2. The van der Waals surface area contributed by atoms with E-state index in [2.05, 4.69) is 20.5 Å². The molecule has 0 saturated heterocycles. The van der Waals surface area contributed by atoms with Gasteiger partial charge in [-0.1, -0.05) is 75.9 Å². The third-order valence-corrected chi connectivity index (χ3v) is 7.28. The number of aryl methyl sites for hydroxylation is 2. The molecule has 0 aliphatic carbocycles. The lowest BCUT2D eigenvalue weighted by atomic mass is 10.1. The minimum absolute atomic E-state index is 0.0345. The van der Waals surface area contributed by atoms with Gasteiger partial charge in [0.05, 0.1) is 11.0 Å². The molecule has 0 unspecified atom stereocenters. The summed E-state index contributed by atoms with van der Waals surface area (Å²) in [5.74, 6) is -0.539. The number of azo groups is 2. The van der Waals surface area contributed by atoms with E-state index in [1.165, 1.54) is 0 Å². The largest absolute Gasteiger partial charge is 0.493 e. The molecule has 0 saturated carbocycles. The summed E-state index contributed by atoms with van der Waals surface area (Å²) in [5, 5.41) is 38.7. The first-order valence-electron chi connectivity index (χ1n) is 15.0. The van der Waals surface area contributed by atoms with E-state index in [1.807, 2.05) is 62.4 Å². The number of unbranched alkanes of at least 4 members (excludes halogenated alkanes) is 5. The number of hydrogen-bond acceptors (Lipinski definition) is 6. The zero-order valence-electron chi connectivity index (χ0n) is 24.5. The molecule has 0 bridgehead atoms. The molecule has 0 fully saturated rings. The highest BCUT2D eigenvalue weighted by Gasteiger charge is 2.17. The van der Waals surface area contributed by atoms with Crippen LogP contribution in [-0.4, -0.2) is 31.2 Å². The Labute approximate surface area is 245 Å². The van der Waals surface area contributed by atoms with Gasteiger partial charge >= 0.3 is 0 Å². The van der Waals surface area contributed by atoms with E-state index in [0.29, 0.717) is 50.1 Å². The SMILES string of the molecule is CCCn1c(O)c(N=NC(=O)CCCCCCCCC(=O)N=Nc2c(O)n(CCC)c3ccccc23)c2ccccc21. The Morgan fingerprint density at radius 2 is 1.00 bits per heavy atom. The second kappa shape index (κ2) is 15.0. The number of aromatic nitrogens is 2. The smallest absolute Gasteiger partial charge is 0.264 e. The van der Waals surface area contributed by atoms with Crippen LogP contribution in [0.15, 0.2) is 69.0 Å². The van der Waals surface area contributed by atoms with Gasteiger partial charge in [0.1, 0.15) is 0 Å². The van der Waals surface area contributed by atoms with E-state index in [9.17, 15) is 19.8 Å². The highest BCUT2D eigenvalue weighted by Crippen LogP contribution is 2.40. The molecule has 2 aromatic carbocycles. The van der Waals surface area contributed by atoms with Crippen molar-refractivity contribution >= 4 is 45.0 Å². The van der Waals surface area contributed by atoms with Gasteiger partial charge in [0.15, 0.2) is 11.4 Å². The minimum atomic E-state index is -0.304. The molecule has 4 aromatic rings. The Hall–Kier alpha value is -4.34. The summed E-state index contributed by atoms with van der Waals surface area (Å²) in [4.78, 5) is 24.6. The minimum Gasteiger partial charge on any atom is -0.493 e. The maximum Gasteiger partial charge on any atom is 0.264 e. The molecule has 2 heterocycles. The number of hydrogen-bond donors (Lipinski definition) is 2. The molecule has 2 N–H and O–H groups in total. The number of aromatic hydroxyl groups is 2. The van der Waals surface area contributed by atoms with E-state index in [1.54, 1.807) is 9.13 Å². The lowest BCUT2D eigenvalue weighted by molar-refractivity contribution is -0.119. The maximum absolute atomic E-state index is 12.3. The van der Waals surface area contributed by atoms with Crippen molar-refractivity contribution in [2.24, 2.45) is 20.5 Å². The first-order valence-corrected chi connectivity index (χ1v) is 15.0. The molecular weight excluding hydrogens is 532 g/mol. The van der Waals surface area contributed by atoms with Crippen molar-refractivity contribution in [2.75, 3.05) is 0 Å². The molecule has 42 heavy (non-hydrogen) atoms. The molecule has 0 radical (unpaired) electrons. The quantitative estimate of drug-likeness (QED) is 0.109. The average molecular weight is 573 g/mol. The van der Waals surface area contributed by atoms with Crippen LogP contribution >= 0.6 is 0 Å². The van der Waals surface area contributed by atoms with Crippen LogP contribution in [0.5, 0.6) is 11.8 Å². The number of nitrogens with zero attached hydrogens (tertiary/aromatic N) is 6. The van der Waals surface area contributed by atoms with Crippen molar-refractivity contribution < 1.29 is 19.8 Å². The molecule has 0 spiro atoms. The van der Waals surface area contributed by atoms with Gasteiger partial charge in [-0.3, -0.25) is 9.59 Å². The fraction of sp³-hybridized carbons (Fsp3) is 0.438. The normalized spacial score (nSPS) is 12.0. The summed E-state index contributed by atoms with van der Waals surface area (Å²) >= 11 is 0. The Morgan fingerprint density at radius 1 is 0.619 bits per heavy atom. The molecule has 0 atom stereocenters. The van der Waals surface area contributed by atoms with Crippen LogP contribution in [0, 0.1) is 0 Å². The zero-order chi connectivity index (χ0) is 29.9. The summed E-state index contributed by atoms with van der Waals surface area (Å²) in [5.41, 5.74) is 2.42. The van der Waals surface area contributed by atoms with Crippen molar-refractivity contribution in [1.82, 2.24) is 9.13 Å². The summed E-state index contributed by atoms with van der Waals surface area (Å²) in [6, 6.07) is 15.1. The van der Waals surface area contributed by atoms with Crippen LogP contribution in [0.4, 0.5) is 11.4 Å². The standard InChI is InChI=1S/C32H40N6O4/c1-3-21-37-25-17-13-11-15-23(25)29(31(37)41)35-33-27(39)19-9-7-5-6-8-10-20-28(40)34-36-30-24-16-12-14-18-26(24)38(22-4-2)32(30)42/h11-18,41-42H,3-10,19-22H2,1-2H3. The summed E-state index contributed by atoms with van der Waals surface area (Å²) < 4.78 is 3.59. The van der Waals surface area contributed by atoms with E-state index >= 15 is 0 Å². The zero-order valence-corrected chi connectivity index (χ0v) is 24.5. The van der Waals surface area contributed by atoms with Crippen molar-refractivity contribution in [3.63, 3.8) is 0 Å². The molecule has 222 valence electrons. The van der Waals surface area contributed by atoms with Gasteiger partial charge in [0.2, 0.25) is 11.8 Å². The van der Waals surface area contributed by atoms with Gasteiger partial charge in [-0.25, -0.2) is 0 Å². The van der Waals surface area contributed by atoms with E-state index in [4.69, 9.17) is 0 Å². The van der Waals surface area contributed by atoms with Gasteiger partial charge in [-0.2, -0.15) is 0 Å². The van der Waals surface area contributed by atoms with Crippen LogP contribution in [0.1, 0.15) is 78.1 Å². The fourth-order valence-corrected chi connectivity index (χ4v) is 5.21. The Balaban J connectivity index is 1.15. The van der Waals surface area contributed by atoms with E-state index in [-0.39, 0.29) is 23.6 Å². The van der Waals surface area contributed by atoms with Crippen LogP contribution in [0.2, 0.25) is 0 Å². The Kier molecular flexibility index (Phi) is 11.0. The van der Waals surface area contributed by atoms with Gasteiger partial charge in [-0.15, -0.1) is 20.5 Å². The number of carbonyl (C=O) groups is 2. The summed E-state index contributed by atoms with van der Waals surface area (Å²) in [7, 11) is 0. The van der Waals surface area contributed by atoms with Crippen LogP contribution in [-0.2, 0) is 22.7 Å². The van der Waals surface area contributed by atoms with E-state index < -0.39 is 0 Å². The summed E-state index contributed by atoms with van der Waals surface area (Å²) in [6.07, 6.45) is 7.44. The highest BCUT2D eigenvalue weighted by atomic mass is 16.3. The first kappa shape index (κ1) is 30.6. The number of fused-ring (bicyclic) bond motifs is 2. The molecule has 0 aliphatic heterocycles. The number of para-hydroxylation sites is 2. The highest BCUT2D eigenvalue weighted by molar-refractivity contribution is 5.96. The predicted octanol–water partition coefficient (Wildman–Crippen LogP) is 8.87. The third-order valence-electron chi connectivity index (χ3n) is 7.28. The second-order valence-corrected chi connectivity index (χ2v) is 10.5. The average Bonchev–Trinajstić information content (AvgIpc) is 3.42. The van der Waals surface area contributed by atoms with Crippen molar-refractivity contribution in [1.29, 1.82) is 0 Å². The number of rotatable bonds is 15. The van der Waals surface area contributed by atoms with Gasteiger partial charge in [0.25, 0.3) is 11.8 Å². The number of carbonyl (C=O) groups excluding carboxylic acids is 2. The lowest BCUT2D eigenvalue weighted by Crippen LogP contribution is -1.95. The third kappa shape index (κ3) is 7.29. The molecule has 2 aromatic heterocycles. The molecule has 10 heteroatoms. The fourth-order valence-electron chi connectivity index (χ4n) is 5.21. The first-order chi connectivity index (χ1) is 20.5. The second-order valence-electron chi connectivity index (χ2n) is 10.5. The molecule has 0 aliphatic rings. The monoisotopic (exact) mass is 572 g/mol. The van der Waals surface area contributed by atoms with Crippen LogP contribution in [0.3, 0.4) is 0 Å². The molecule has 2 amide bonds. The number of benzene rings is 2. The van der Waals surface area contributed by atoms with Gasteiger partial charge in [0, 0.05) is 36.7 Å². The molecular formula is C32H40N6O4. The molecule has 10 nitrogen and oxygen atoms in total. The van der Waals surface area contributed by atoms with Crippen molar-refractivity contribution in [3.8, 4) is 11.8 Å². The van der Waals surface area contributed by atoms with Gasteiger partial charge in [-0.05, 0) is 37.8 Å². The van der Waals surface area contributed by atoms with Gasteiger partial charge < -0.3 is 19.3 Å². The van der Waals surface area contributed by atoms with Crippen molar-refractivity contribution in [3.05, 3.63) is 48.5 Å². The predicted molar refractivity (Wildman–Crippen MR) is 164 cm³/mol. The Morgan fingerprint density at radius 3 is 1.40 bits per heavy atom. The lowest BCUT2D eigenvalue weighted by Gasteiger charge is -2.03. The van der Waals surface area contributed by atoms with Crippen LogP contribution < -0.4 is 0 Å². The Bertz CT molecular complexity index is 1460. The molecule has 4 rings (SSSR count). The van der Waals surface area contributed by atoms with Crippen molar-refractivity contribution in [2.45, 2.75) is 91.1 Å². The topological polar surface area (TPSA) is 134 Å². The van der Waals surface area contributed by atoms with Crippen LogP contribution in [0.25, 0.3) is 21.8 Å². The van der Waals surface area contributed by atoms with E-state index in [0.717, 1.165) is 60.3 Å². The summed E-state index contributed by atoms with van der Waals surface area (Å²) in [6.45, 7) is 5.38. The maximum atomic E-state index is 12.3.